The minimum atomic E-state index is 0.553. The van der Waals surface area contributed by atoms with Gasteiger partial charge in [0.15, 0.2) is 0 Å². The number of nitrogens with one attached hydrogen (secondary N) is 1. The van der Waals surface area contributed by atoms with E-state index in [-0.39, 0.29) is 0 Å². The van der Waals surface area contributed by atoms with Crippen LogP contribution in [0.2, 0.25) is 0 Å². The maximum absolute atomic E-state index is 4.42. The first-order chi connectivity index (χ1) is 7.65. The van der Waals surface area contributed by atoms with Crippen LogP contribution in [-0.2, 0) is 0 Å². The fourth-order valence-corrected chi connectivity index (χ4v) is 2.30. The van der Waals surface area contributed by atoms with E-state index < -0.39 is 0 Å². The molecular weight excluding hydrogens is 266 g/mol. The minimum absolute atomic E-state index is 0.553. The van der Waals surface area contributed by atoms with Gasteiger partial charge >= 0.3 is 0 Å². The average molecular weight is 284 g/mol. The summed E-state index contributed by atoms with van der Waals surface area (Å²) in [5.74, 6) is 1.64. The van der Waals surface area contributed by atoms with E-state index >= 15 is 0 Å². The van der Waals surface area contributed by atoms with E-state index in [4.69, 9.17) is 0 Å². The van der Waals surface area contributed by atoms with Crippen LogP contribution in [0, 0.1) is 12.8 Å². The summed E-state index contributed by atoms with van der Waals surface area (Å²) in [6.07, 6.45) is 6.91. The van der Waals surface area contributed by atoms with Gasteiger partial charge in [-0.2, -0.15) is 0 Å². The lowest BCUT2D eigenvalue weighted by Crippen LogP contribution is -2.26. The van der Waals surface area contributed by atoms with Gasteiger partial charge < -0.3 is 5.32 Å². The summed E-state index contributed by atoms with van der Waals surface area (Å²) >= 11 is 3.41. The zero-order valence-electron chi connectivity index (χ0n) is 9.83. The second-order valence-electron chi connectivity index (χ2n) is 4.73. The molecule has 1 N–H and O–H groups in total. The Morgan fingerprint density at radius 1 is 1.31 bits per heavy atom. The Morgan fingerprint density at radius 3 is 2.62 bits per heavy atom. The number of hydrogen-bond donors (Lipinski definition) is 1. The van der Waals surface area contributed by atoms with E-state index in [0.29, 0.717) is 6.04 Å². The van der Waals surface area contributed by atoms with Crippen molar-refractivity contribution in [2.75, 3.05) is 5.32 Å². The van der Waals surface area contributed by atoms with Gasteiger partial charge in [0.1, 0.15) is 0 Å². The van der Waals surface area contributed by atoms with Crippen molar-refractivity contribution in [3.8, 4) is 0 Å². The molecule has 3 nitrogen and oxygen atoms in total. The molecule has 1 aliphatic rings. The summed E-state index contributed by atoms with van der Waals surface area (Å²) in [4.78, 5) is 8.70. The third-order valence-electron chi connectivity index (χ3n) is 3.27. The number of halogens is 1. The molecule has 0 spiro atoms. The second kappa shape index (κ2) is 5.13. The van der Waals surface area contributed by atoms with Gasteiger partial charge in [0, 0.05) is 12.2 Å². The van der Waals surface area contributed by atoms with Crippen LogP contribution in [0.4, 0.5) is 5.95 Å². The van der Waals surface area contributed by atoms with Crippen molar-refractivity contribution in [3.05, 3.63) is 16.4 Å². The quantitative estimate of drug-likeness (QED) is 0.902. The van der Waals surface area contributed by atoms with Crippen LogP contribution in [0.5, 0.6) is 0 Å². The van der Waals surface area contributed by atoms with E-state index in [2.05, 4.69) is 38.1 Å². The van der Waals surface area contributed by atoms with Gasteiger partial charge in [0.25, 0.3) is 0 Å². The summed E-state index contributed by atoms with van der Waals surface area (Å²) < 4.78 is 0.968. The summed E-state index contributed by atoms with van der Waals surface area (Å²) in [5.41, 5.74) is 0.988. The Labute approximate surface area is 105 Å². The molecule has 0 aromatic carbocycles. The summed E-state index contributed by atoms with van der Waals surface area (Å²) in [6.45, 7) is 4.32. The smallest absolute Gasteiger partial charge is 0.223 e. The lowest BCUT2D eigenvalue weighted by atomic mass is 9.87. The van der Waals surface area contributed by atoms with Crippen LogP contribution in [0.15, 0.2) is 10.7 Å². The topological polar surface area (TPSA) is 37.8 Å². The van der Waals surface area contributed by atoms with Crippen molar-refractivity contribution < 1.29 is 0 Å². The predicted octanol–water partition coefficient (Wildman–Crippen LogP) is 3.54. The van der Waals surface area contributed by atoms with Crippen LogP contribution in [-0.4, -0.2) is 16.0 Å². The Bertz CT molecular complexity index is 359. The molecule has 0 radical (unpaired) electrons. The van der Waals surface area contributed by atoms with Crippen molar-refractivity contribution in [3.63, 3.8) is 0 Å². The fourth-order valence-electron chi connectivity index (χ4n) is 2.11. The third kappa shape index (κ3) is 2.94. The molecule has 1 heterocycles. The van der Waals surface area contributed by atoms with E-state index in [0.717, 1.165) is 22.0 Å². The molecule has 1 fully saturated rings. The molecular formula is C12H18BrN3. The monoisotopic (exact) mass is 283 g/mol. The van der Waals surface area contributed by atoms with Gasteiger partial charge in [-0.25, -0.2) is 9.97 Å². The van der Waals surface area contributed by atoms with E-state index in [1.807, 2.05) is 13.1 Å². The fraction of sp³-hybridized carbons (Fsp3) is 0.667. The van der Waals surface area contributed by atoms with Gasteiger partial charge in [0.2, 0.25) is 5.95 Å². The maximum atomic E-state index is 4.42. The van der Waals surface area contributed by atoms with Crippen molar-refractivity contribution in [1.82, 2.24) is 9.97 Å². The highest BCUT2D eigenvalue weighted by Crippen LogP contribution is 2.25. The number of aryl methyl sites for hydroxylation is 1. The Kier molecular flexibility index (Phi) is 3.79. The molecule has 1 aliphatic carbocycles. The van der Waals surface area contributed by atoms with Gasteiger partial charge in [-0.15, -0.1) is 0 Å². The van der Waals surface area contributed by atoms with Crippen molar-refractivity contribution in [1.29, 1.82) is 0 Å². The predicted molar refractivity (Wildman–Crippen MR) is 69.5 cm³/mol. The maximum Gasteiger partial charge on any atom is 0.223 e. The van der Waals surface area contributed by atoms with E-state index in [9.17, 15) is 0 Å². The number of nitrogens with zero attached hydrogens (tertiary/aromatic N) is 2. The molecule has 0 unspecified atom stereocenters. The third-order valence-corrected chi connectivity index (χ3v) is 4.05. The molecule has 16 heavy (non-hydrogen) atoms. The number of aromatic nitrogens is 2. The first-order valence-corrected chi connectivity index (χ1v) is 6.70. The molecule has 0 atom stereocenters. The average Bonchev–Trinajstić information content (AvgIpc) is 2.27. The molecule has 1 saturated carbocycles. The van der Waals surface area contributed by atoms with Crippen molar-refractivity contribution in [2.45, 2.75) is 45.6 Å². The summed E-state index contributed by atoms with van der Waals surface area (Å²) in [5, 5.41) is 3.43. The lowest BCUT2D eigenvalue weighted by molar-refractivity contribution is 0.360. The van der Waals surface area contributed by atoms with Crippen molar-refractivity contribution in [2.24, 2.45) is 5.92 Å². The molecule has 4 heteroatoms. The zero-order valence-corrected chi connectivity index (χ0v) is 11.4. The Balaban J connectivity index is 1.96. The van der Waals surface area contributed by atoms with Gasteiger partial charge in [-0.3, -0.25) is 0 Å². The van der Waals surface area contributed by atoms with Crippen LogP contribution in [0.3, 0.4) is 0 Å². The molecule has 88 valence electrons. The molecule has 0 amide bonds. The standard InChI is InChI=1S/C12H18BrN3/c1-8-3-5-10(6-4-8)16-12-14-7-11(13)9(2)15-12/h7-8,10H,3-6H2,1-2H3,(H,14,15,16). The molecule has 0 saturated heterocycles. The highest BCUT2D eigenvalue weighted by atomic mass is 79.9. The molecule has 2 rings (SSSR count). The van der Waals surface area contributed by atoms with Crippen LogP contribution in [0.1, 0.15) is 38.3 Å². The highest BCUT2D eigenvalue weighted by Gasteiger charge is 2.18. The van der Waals surface area contributed by atoms with Crippen LogP contribution in [0.25, 0.3) is 0 Å². The summed E-state index contributed by atoms with van der Waals surface area (Å²) in [7, 11) is 0. The highest BCUT2D eigenvalue weighted by molar-refractivity contribution is 9.10. The molecule has 0 bridgehead atoms. The zero-order chi connectivity index (χ0) is 11.5. The van der Waals surface area contributed by atoms with Crippen LogP contribution < -0.4 is 5.32 Å². The number of rotatable bonds is 2. The summed E-state index contributed by atoms with van der Waals surface area (Å²) in [6, 6.07) is 0.553. The minimum Gasteiger partial charge on any atom is -0.351 e. The first-order valence-electron chi connectivity index (χ1n) is 5.91. The Hall–Kier alpha value is -0.640. The molecule has 1 aromatic rings. The number of hydrogen-bond acceptors (Lipinski definition) is 3. The largest absolute Gasteiger partial charge is 0.351 e. The van der Waals surface area contributed by atoms with Gasteiger partial charge in [0.05, 0.1) is 10.2 Å². The molecule has 0 aliphatic heterocycles. The SMILES string of the molecule is Cc1nc(NC2CCC(C)CC2)ncc1Br. The van der Waals surface area contributed by atoms with Crippen LogP contribution >= 0.6 is 15.9 Å². The lowest BCUT2D eigenvalue weighted by Gasteiger charge is -2.26. The van der Waals surface area contributed by atoms with Gasteiger partial charge in [-0.05, 0) is 54.5 Å². The van der Waals surface area contributed by atoms with E-state index in [1.54, 1.807) is 0 Å². The molecule has 1 aromatic heterocycles. The second-order valence-corrected chi connectivity index (χ2v) is 5.58. The first kappa shape index (κ1) is 11.8. The Morgan fingerprint density at radius 2 is 2.00 bits per heavy atom. The van der Waals surface area contributed by atoms with Crippen molar-refractivity contribution >= 4 is 21.9 Å². The number of anilines is 1. The van der Waals surface area contributed by atoms with E-state index in [1.165, 1.54) is 25.7 Å². The normalized spacial score (nSPS) is 25.4. The van der Waals surface area contributed by atoms with Gasteiger partial charge in [-0.1, -0.05) is 6.92 Å².